The van der Waals surface area contributed by atoms with Crippen molar-refractivity contribution in [3.63, 3.8) is 0 Å². The number of ether oxygens (including phenoxy) is 2. The third-order valence-corrected chi connectivity index (χ3v) is 1.94. The molecule has 0 aromatic heterocycles. The lowest BCUT2D eigenvalue weighted by molar-refractivity contribution is -0.158. The highest BCUT2D eigenvalue weighted by Crippen LogP contribution is 2.12. The molecule has 1 N–H and O–H groups in total. The number of alkyl carbamates (subject to hydrolysis) is 1. The Hall–Kier alpha value is -1.26. The zero-order valence-corrected chi connectivity index (χ0v) is 12.4. The Labute approximate surface area is 109 Å². The number of carbonyl (C=O) groups excluding carboxylic acids is 2. The highest BCUT2D eigenvalue weighted by Gasteiger charge is 2.29. The predicted octanol–water partition coefficient (Wildman–Crippen LogP) is 2.49. The number of hydrogen-bond donors (Lipinski definition) is 1. The maximum atomic E-state index is 11.9. The molecule has 0 aliphatic carbocycles. The van der Waals surface area contributed by atoms with Gasteiger partial charge in [-0.05, 0) is 40.5 Å². The van der Waals surface area contributed by atoms with Gasteiger partial charge in [0.25, 0.3) is 0 Å². The van der Waals surface area contributed by atoms with E-state index in [9.17, 15) is 9.59 Å². The Balaban J connectivity index is 4.58. The molecule has 106 valence electrons. The summed E-state index contributed by atoms with van der Waals surface area (Å²) in [6.45, 7) is 12.5. The van der Waals surface area contributed by atoms with Crippen LogP contribution in [0.3, 0.4) is 0 Å². The second-order valence-electron chi connectivity index (χ2n) is 5.85. The van der Waals surface area contributed by atoms with E-state index in [2.05, 4.69) is 5.32 Å². The Morgan fingerprint density at radius 1 is 1.06 bits per heavy atom. The Kier molecular flexibility index (Phi) is 6.15. The summed E-state index contributed by atoms with van der Waals surface area (Å²) in [5, 5.41) is 2.53. The molecule has 0 radical (unpaired) electrons. The lowest BCUT2D eigenvalue weighted by atomic mass is 10.0. The fraction of sp³-hybridized carbons (Fsp3) is 0.846. The number of amides is 1. The van der Waals surface area contributed by atoms with Crippen LogP contribution in [0.25, 0.3) is 0 Å². The van der Waals surface area contributed by atoms with Gasteiger partial charge < -0.3 is 14.8 Å². The van der Waals surface area contributed by atoms with Crippen molar-refractivity contribution in [2.75, 3.05) is 0 Å². The standard InChI is InChI=1S/C13H25NO4/c1-8(2)10(11(15)18-13(5,6)7)14-12(16)17-9(3)4/h8-10H,1-7H3,(H,14,16)/t10-/m1/s1. The Morgan fingerprint density at radius 3 is 1.89 bits per heavy atom. The van der Waals surface area contributed by atoms with Crippen LogP contribution in [0.4, 0.5) is 4.79 Å². The topological polar surface area (TPSA) is 64.6 Å². The SMILES string of the molecule is CC(C)OC(=O)N[C@@H](C(=O)OC(C)(C)C)C(C)C. The summed E-state index contributed by atoms with van der Waals surface area (Å²) in [7, 11) is 0. The van der Waals surface area contributed by atoms with Crippen LogP contribution in [0.5, 0.6) is 0 Å². The molecular formula is C13H25NO4. The fourth-order valence-corrected chi connectivity index (χ4v) is 1.24. The van der Waals surface area contributed by atoms with Crippen molar-refractivity contribution in [2.45, 2.75) is 66.2 Å². The first-order chi connectivity index (χ1) is 8.03. The molecule has 0 bridgehead atoms. The predicted molar refractivity (Wildman–Crippen MR) is 69.2 cm³/mol. The molecule has 0 saturated carbocycles. The van der Waals surface area contributed by atoms with Crippen LogP contribution in [0.1, 0.15) is 48.5 Å². The van der Waals surface area contributed by atoms with Gasteiger partial charge in [-0.1, -0.05) is 13.8 Å². The third-order valence-electron chi connectivity index (χ3n) is 1.94. The quantitative estimate of drug-likeness (QED) is 0.788. The second-order valence-corrected chi connectivity index (χ2v) is 5.85. The normalized spacial score (nSPS) is 13.4. The molecule has 18 heavy (non-hydrogen) atoms. The first-order valence-corrected chi connectivity index (χ1v) is 6.23. The van der Waals surface area contributed by atoms with Crippen molar-refractivity contribution in [1.29, 1.82) is 0 Å². The first-order valence-electron chi connectivity index (χ1n) is 6.23. The van der Waals surface area contributed by atoms with Crippen LogP contribution >= 0.6 is 0 Å². The largest absolute Gasteiger partial charge is 0.458 e. The number of esters is 1. The highest BCUT2D eigenvalue weighted by molar-refractivity contribution is 5.81. The molecule has 0 rings (SSSR count). The number of carbonyl (C=O) groups is 2. The van der Waals surface area contributed by atoms with E-state index in [1.54, 1.807) is 34.6 Å². The van der Waals surface area contributed by atoms with Gasteiger partial charge in [0.15, 0.2) is 0 Å². The van der Waals surface area contributed by atoms with Crippen LogP contribution < -0.4 is 5.32 Å². The molecule has 1 amide bonds. The van der Waals surface area contributed by atoms with Crippen molar-refractivity contribution >= 4 is 12.1 Å². The summed E-state index contributed by atoms with van der Waals surface area (Å²) in [4.78, 5) is 23.4. The minimum atomic E-state index is -0.699. The Bertz CT molecular complexity index is 292. The van der Waals surface area contributed by atoms with Gasteiger partial charge in [0.2, 0.25) is 0 Å². The van der Waals surface area contributed by atoms with Gasteiger partial charge in [0, 0.05) is 0 Å². The van der Waals surface area contributed by atoms with Crippen molar-refractivity contribution in [2.24, 2.45) is 5.92 Å². The van der Waals surface area contributed by atoms with E-state index in [4.69, 9.17) is 9.47 Å². The molecule has 0 aromatic rings. The molecule has 0 aliphatic rings. The van der Waals surface area contributed by atoms with Gasteiger partial charge in [0.05, 0.1) is 6.10 Å². The van der Waals surface area contributed by atoms with Gasteiger partial charge in [0.1, 0.15) is 11.6 Å². The second kappa shape index (κ2) is 6.61. The molecule has 5 nitrogen and oxygen atoms in total. The smallest absolute Gasteiger partial charge is 0.408 e. The molecule has 0 heterocycles. The summed E-state index contributed by atoms with van der Waals surface area (Å²) in [5.41, 5.74) is -0.576. The number of nitrogens with one attached hydrogen (secondary N) is 1. The summed E-state index contributed by atoms with van der Waals surface area (Å²) >= 11 is 0. The van der Waals surface area contributed by atoms with E-state index in [0.717, 1.165) is 0 Å². The number of hydrogen-bond acceptors (Lipinski definition) is 4. The average Bonchev–Trinajstić information content (AvgIpc) is 2.09. The molecule has 0 aromatic carbocycles. The lowest BCUT2D eigenvalue weighted by Crippen LogP contribution is -2.47. The molecular weight excluding hydrogens is 234 g/mol. The third kappa shape index (κ3) is 7.14. The van der Waals surface area contributed by atoms with Gasteiger partial charge in [-0.25, -0.2) is 9.59 Å². The zero-order chi connectivity index (χ0) is 14.5. The van der Waals surface area contributed by atoms with E-state index in [1.165, 1.54) is 0 Å². The van der Waals surface area contributed by atoms with Crippen LogP contribution in [0, 0.1) is 5.92 Å². The molecule has 0 aliphatic heterocycles. The molecule has 0 spiro atoms. The maximum absolute atomic E-state index is 11.9. The summed E-state index contributed by atoms with van der Waals surface area (Å²) in [6, 6.07) is -0.699. The van der Waals surface area contributed by atoms with Crippen molar-refractivity contribution in [1.82, 2.24) is 5.32 Å². The summed E-state index contributed by atoms with van der Waals surface area (Å²) in [5.74, 6) is -0.516. The molecule has 0 fully saturated rings. The van der Waals surface area contributed by atoms with Crippen LogP contribution in [0.15, 0.2) is 0 Å². The van der Waals surface area contributed by atoms with Gasteiger partial charge in [-0.2, -0.15) is 0 Å². The van der Waals surface area contributed by atoms with Gasteiger partial charge in [-0.3, -0.25) is 0 Å². The minimum absolute atomic E-state index is 0.0698. The van der Waals surface area contributed by atoms with E-state index in [0.29, 0.717) is 0 Å². The van der Waals surface area contributed by atoms with Crippen molar-refractivity contribution in [3.8, 4) is 0 Å². The monoisotopic (exact) mass is 259 g/mol. The van der Waals surface area contributed by atoms with Crippen LogP contribution in [-0.2, 0) is 14.3 Å². The molecule has 5 heteroatoms. The first kappa shape index (κ1) is 16.7. The molecule has 0 unspecified atom stereocenters. The van der Waals surface area contributed by atoms with Crippen LogP contribution in [0.2, 0.25) is 0 Å². The molecule has 0 saturated heterocycles. The van der Waals surface area contributed by atoms with E-state index >= 15 is 0 Å². The highest BCUT2D eigenvalue weighted by atomic mass is 16.6. The minimum Gasteiger partial charge on any atom is -0.458 e. The lowest BCUT2D eigenvalue weighted by Gasteiger charge is -2.26. The van der Waals surface area contributed by atoms with Crippen molar-refractivity contribution in [3.05, 3.63) is 0 Å². The maximum Gasteiger partial charge on any atom is 0.408 e. The molecule has 1 atom stereocenters. The van der Waals surface area contributed by atoms with E-state index in [1.807, 2.05) is 13.8 Å². The number of rotatable bonds is 4. The van der Waals surface area contributed by atoms with E-state index in [-0.39, 0.29) is 12.0 Å². The average molecular weight is 259 g/mol. The van der Waals surface area contributed by atoms with Gasteiger partial charge >= 0.3 is 12.1 Å². The van der Waals surface area contributed by atoms with Gasteiger partial charge in [-0.15, -0.1) is 0 Å². The zero-order valence-electron chi connectivity index (χ0n) is 12.4. The Morgan fingerprint density at radius 2 is 1.56 bits per heavy atom. The van der Waals surface area contributed by atoms with Crippen LogP contribution in [-0.4, -0.2) is 29.8 Å². The summed E-state index contributed by atoms with van der Waals surface area (Å²) < 4.78 is 10.2. The van der Waals surface area contributed by atoms with E-state index < -0.39 is 23.7 Å². The fourth-order valence-electron chi connectivity index (χ4n) is 1.24. The van der Waals surface area contributed by atoms with Crippen molar-refractivity contribution < 1.29 is 19.1 Å². The summed E-state index contributed by atoms with van der Waals surface area (Å²) in [6.07, 6.45) is -0.828.